The van der Waals surface area contributed by atoms with Crippen LogP contribution in [0.15, 0.2) is 45.7 Å². The number of rotatable bonds is 7. The van der Waals surface area contributed by atoms with Gasteiger partial charge in [0.2, 0.25) is 10.0 Å². The maximum atomic E-state index is 13.2. The molecule has 0 atom stereocenters. The Balaban J connectivity index is 1.78. The maximum Gasteiger partial charge on any atom is 0.342 e. The van der Waals surface area contributed by atoms with Gasteiger partial charge in [-0.25, -0.2) is 13.2 Å². The number of hydrogen-bond acceptors (Lipinski definition) is 8. The lowest BCUT2D eigenvalue weighted by Gasteiger charge is -2.18. The molecule has 2 aromatic carbocycles. The summed E-state index contributed by atoms with van der Waals surface area (Å²) >= 11 is 0. The highest BCUT2D eigenvalue weighted by Crippen LogP contribution is 2.37. The minimum absolute atomic E-state index is 0.0512. The molecule has 1 saturated heterocycles. The molecule has 33 heavy (non-hydrogen) atoms. The van der Waals surface area contributed by atoms with Crippen LogP contribution < -0.4 is 4.74 Å². The van der Waals surface area contributed by atoms with Crippen LogP contribution in [-0.4, -0.2) is 43.3 Å². The van der Waals surface area contributed by atoms with E-state index < -0.39 is 20.9 Å². The largest absolute Gasteiger partial charge is 0.462 e. The number of hydrogen-bond donors (Lipinski definition) is 0. The van der Waals surface area contributed by atoms with E-state index >= 15 is 0 Å². The first kappa shape index (κ1) is 22.7. The van der Waals surface area contributed by atoms with E-state index in [2.05, 4.69) is 0 Å². The monoisotopic (exact) mass is 474 g/mol. The summed E-state index contributed by atoms with van der Waals surface area (Å²) in [5.41, 5.74) is 0.341. The molecule has 10 nitrogen and oxygen atoms in total. The minimum Gasteiger partial charge on any atom is -0.462 e. The van der Waals surface area contributed by atoms with E-state index in [0.717, 1.165) is 18.9 Å². The molecule has 0 spiro atoms. The second-order valence-electron chi connectivity index (χ2n) is 7.51. The van der Waals surface area contributed by atoms with Gasteiger partial charge in [-0.3, -0.25) is 10.1 Å². The van der Waals surface area contributed by atoms with Crippen LogP contribution in [0.5, 0.6) is 11.5 Å². The number of carbonyl (C=O) groups is 1. The van der Waals surface area contributed by atoms with Crippen LogP contribution in [0.2, 0.25) is 0 Å². The number of sulfonamides is 1. The molecule has 0 radical (unpaired) electrons. The molecule has 1 fully saturated rings. The number of carbonyl (C=O) groups excluding carboxylic acids is 1. The molecule has 0 bridgehead atoms. The third-order valence-corrected chi connectivity index (χ3v) is 7.28. The fraction of sp³-hybridized carbons (Fsp3) is 0.318. The maximum absolute atomic E-state index is 13.2. The summed E-state index contributed by atoms with van der Waals surface area (Å²) < 4.78 is 44.3. The van der Waals surface area contributed by atoms with Crippen molar-refractivity contribution in [3.8, 4) is 11.5 Å². The standard InChI is InChI=1S/C22H22N2O8S/c1-3-30-22(25)21-14(2)31-18-9-7-16(13-17(18)21)32-19-8-6-15(24(26)27)12-20(19)33(28,29)23-10-4-5-11-23/h6-9,12-13H,3-5,10-11H2,1-2H3. The van der Waals surface area contributed by atoms with Gasteiger partial charge in [0, 0.05) is 30.6 Å². The topological polar surface area (TPSA) is 129 Å². The molecule has 1 aromatic heterocycles. The molecule has 0 saturated carbocycles. The number of fused-ring (bicyclic) bond motifs is 1. The Kier molecular flexibility index (Phi) is 6.09. The van der Waals surface area contributed by atoms with Gasteiger partial charge in [0.25, 0.3) is 5.69 Å². The highest BCUT2D eigenvalue weighted by molar-refractivity contribution is 7.89. The highest BCUT2D eigenvalue weighted by atomic mass is 32.2. The van der Waals surface area contributed by atoms with E-state index in [1.807, 2.05) is 0 Å². The normalized spacial score (nSPS) is 14.5. The number of nitro benzene ring substituents is 1. The molecular weight excluding hydrogens is 452 g/mol. The predicted molar refractivity (Wildman–Crippen MR) is 118 cm³/mol. The number of ether oxygens (including phenoxy) is 2. The summed E-state index contributed by atoms with van der Waals surface area (Å²) in [6.07, 6.45) is 1.44. The van der Waals surface area contributed by atoms with Crippen molar-refractivity contribution in [2.24, 2.45) is 0 Å². The molecule has 0 unspecified atom stereocenters. The van der Waals surface area contributed by atoms with Crippen LogP contribution >= 0.6 is 0 Å². The lowest BCUT2D eigenvalue weighted by atomic mass is 10.1. The summed E-state index contributed by atoms with van der Waals surface area (Å²) in [4.78, 5) is 22.7. The Morgan fingerprint density at radius 3 is 2.58 bits per heavy atom. The third kappa shape index (κ3) is 4.29. The number of aryl methyl sites for hydroxylation is 1. The zero-order chi connectivity index (χ0) is 23.8. The molecule has 4 rings (SSSR count). The van der Waals surface area contributed by atoms with Crippen LogP contribution in [0.3, 0.4) is 0 Å². The number of esters is 1. The van der Waals surface area contributed by atoms with Crippen molar-refractivity contribution in [3.05, 3.63) is 57.8 Å². The number of nitro groups is 1. The van der Waals surface area contributed by atoms with Crippen molar-refractivity contribution in [1.29, 1.82) is 0 Å². The second kappa shape index (κ2) is 8.83. The van der Waals surface area contributed by atoms with Gasteiger partial charge in [-0.2, -0.15) is 4.31 Å². The summed E-state index contributed by atoms with van der Waals surface area (Å²) in [6.45, 7) is 4.22. The molecule has 0 amide bonds. The van der Waals surface area contributed by atoms with Crippen molar-refractivity contribution in [2.45, 2.75) is 31.6 Å². The van der Waals surface area contributed by atoms with Crippen molar-refractivity contribution in [2.75, 3.05) is 19.7 Å². The van der Waals surface area contributed by atoms with Gasteiger partial charge in [0.1, 0.15) is 33.3 Å². The summed E-state index contributed by atoms with van der Waals surface area (Å²) in [7, 11) is -4.00. The Hall–Kier alpha value is -3.44. The predicted octanol–water partition coefficient (Wildman–Crippen LogP) is 4.40. The first-order valence-corrected chi connectivity index (χ1v) is 11.8. The third-order valence-electron chi connectivity index (χ3n) is 5.36. The van der Waals surface area contributed by atoms with Crippen molar-refractivity contribution >= 4 is 32.6 Å². The van der Waals surface area contributed by atoms with E-state index in [9.17, 15) is 23.3 Å². The molecule has 1 aliphatic heterocycles. The quantitative estimate of drug-likeness (QED) is 0.280. The van der Waals surface area contributed by atoms with Gasteiger partial charge in [-0.15, -0.1) is 0 Å². The number of furan rings is 1. The smallest absolute Gasteiger partial charge is 0.342 e. The molecule has 2 heterocycles. The fourth-order valence-electron chi connectivity index (χ4n) is 3.81. The Labute approximate surface area is 189 Å². The van der Waals surface area contributed by atoms with Gasteiger partial charge in [-0.1, -0.05) is 0 Å². The first-order chi connectivity index (χ1) is 15.7. The average molecular weight is 474 g/mol. The Morgan fingerprint density at radius 2 is 1.91 bits per heavy atom. The van der Waals surface area contributed by atoms with Crippen LogP contribution in [0.25, 0.3) is 11.0 Å². The lowest BCUT2D eigenvalue weighted by molar-refractivity contribution is -0.385. The zero-order valence-corrected chi connectivity index (χ0v) is 18.9. The Bertz CT molecular complexity index is 1340. The number of non-ortho nitro benzene ring substituents is 1. The molecule has 3 aromatic rings. The van der Waals surface area contributed by atoms with Gasteiger partial charge in [0.05, 0.1) is 11.5 Å². The van der Waals surface area contributed by atoms with Gasteiger partial charge < -0.3 is 13.9 Å². The molecule has 0 aliphatic carbocycles. The van der Waals surface area contributed by atoms with E-state index in [4.69, 9.17) is 13.9 Å². The molecule has 174 valence electrons. The van der Waals surface area contributed by atoms with Gasteiger partial charge in [0.15, 0.2) is 0 Å². The van der Waals surface area contributed by atoms with E-state index in [-0.39, 0.29) is 34.3 Å². The van der Waals surface area contributed by atoms with Gasteiger partial charge >= 0.3 is 5.97 Å². The zero-order valence-electron chi connectivity index (χ0n) is 18.1. The lowest BCUT2D eigenvalue weighted by Crippen LogP contribution is -2.28. The summed E-state index contributed by atoms with van der Waals surface area (Å²) in [5, 5.41) is 11.7. The Morgan fingerprint density at radius 1 is 1.18 bits per heavy atom. The molecule has 1 aliphatic rings. The van der Waals surface area contributed by atoms with E-state index in [1.165, 1.54) is 16.4 Å². The first-order valence-electron chi connectivity index (χ1n) is 10.4. The highest BCUT2D eigenvalue weighted by Gasteiger charge is 2.32. The fourth-order valence-corrected chi connectivity index (χ4v) is 5.46. The average Bonchev–Trinajstić information content (AvgIpc) is 3.41. The van der Waals surface area contributed by atoms with Crippen molar-refractivity contribution in [3.63, 3.8) is 0 Å². The molecular formula is C22H22N2O8S. The van der Waals surface area contributed by atoms with Crippen molar-refractivity contribution < 1.29 is 32.0 Å². The van der Waals surface area contributed by atoms with Crippen LogP contribution in [0.4, 0.5) is 5.69 Å². The van der Waals surface area contributed by atoms with E-state index in [1.54, 1.807) is 32.0 Å². The number of benzene rings is 2. The number of nitrogens with zero attached hydrogens (tertiary/aromatic N) is 2. The summed E-state index contributed by atoms with van der Waals surface area (Å²) in [6, 6.07) is 8.16. The van der Waals surface area contributed by atoms with Crippen molar-refractivity contribution in [1.82, 2.24) is 4.31 Å². The molecule has 0 N–H and O–H groups in total. The van der Waals surface area contributed by atoms with Crippen LogP contribution in [0, 0.1) is 17.0 Å². The minimum atomic E-state index is -4.00. The summed E-state index contributed by atoms with van der Waals surface area (Å²) in [5.74, 6) is 0.0251. The SMILES string of the molecule is CCOC(=O)c1c(C)oc2ccc(Oc3ccc([N+](=O)[O-])cc3S(=O)(=O)N3CCCC3)cc12. The second-order valence-corrected chi connectivity index (χ2v) is 9.42. The molecule has 11 heteroatoms. The van der Waals surface area contributed by atoms with Crippen LogP contribution in [0.1, 0.15) is 35.9 Å². The van der Waals surface area contributed by atoms with E-state index in [0.29, 0.717) is 29.8 Å². The van der Waals surface area contributed by atoms with Crippen LogP contribution in [-0.2, 0) is 14.8 Å². The van der Waals surface area contributed by atoms with Gasteiger partial charge in [-0.05, 0) is 51.0 Å².